The van der Waals surface area contributed by atoms with Crippen molar-refractivity contribution >= 4 is 39.2 Å². The fourth-order valence-corrected chi connectivity index (χ4v) is 3.91. The molecular formula is C17H20ClF3N2O5S. The van der Waals surface area contributed by atoms with Gasteiger partial charge >= 0.3 is 12.1 Å². The number of hydrogen-bond donors (Lipinski definition) is 1. The summed E-state index contributed by atoms with van der Waals surface area (Å²) in [7, 11) is -3.34. The molecule has 1 heterocycles. The average Bonchev–Trinajstić information content (AvgIpc) is 2.61. The molecular weight excluding hydrogens is 437 g/mol. The minimum absolute atomic E-state index is 0.143. The molecule has 1 N–H and O–H groups in total. The third-order valence-corrected chi connectivity index (χ3v) is 6.09. The molecule has 2 rings (SSSR count). The Labute approximate surface area is 171 Å². The Morgan fingerprint density at radius 3 is 2.38 bits per heavy atom. The molecule has 0 aromatic heterocycles. The largest absolute Gasteiger partial charge is 0.452 e. The van der Waals surface area contributed by atoms with Gasteiger partial charge < -0.3 is 10.1 Å². The van der Waals surface area contributed by atoms with Crippen molar-refractivity contribution in [2.45, 2.75) is 32.0 Å². The number of halogens is 4. The minimum Gasteiger partial charge on any atom is -0.452 e. The fraction of sp³-hybridized carbons (Fsp3) is 0.529. The highest BCUT2D eigenvalue weighted by atomic mass is 35.5. The molecule has 1 aromatic rings. The number of amides is 1. The zero-order valence-electron chi connectivity index (χ0n) is 15.6. The van der Waals surface area contributed by atoms with E-state index in [2.05, 4.69) is 5.32 Å². The minimum atomic E-state index is -4.68. The third kappa shape index (κ3) is 6.31. The first kappa shape index (κ1) is 23.4. The second kappa shape index (κ2) is 8.88. The van der Waals surface area contributed by atoms with Gasteiger partial charge in [-0.25, -0.2) is 12.7 Å². The van der Waals surface area contributed by atoms with Gasteiger partial charge in [-0.05, 0) is 38.0 Å². The summed E-state index contributed by atoms with van der Waals surface area (Å²) in [4.78, 5) is 24.4. The van der Waals surface area contributed by atoms with Gasteiger partial charge in [0.1, 0.15) is 0 Å². The van der Waals surface area contributed by atoms with E-state index >= 15 is 0 Å². The van der Waals surface area contributed by atoms with Crippen molar-refractivity contribution in [3.63, 3.8) is 0 Å². The number of nitrogens with one attached hydrogen (secondary N) is 1. The number of carbonyl (C=O) groups excluding carboxylic acids is 2. The number of alkyl halides is 3. The molecule has 1 amide bonds. The molecule has 1 aromatic carbocycles. The lowest BCUT2D eigenvalue weighted by atomic mass is 9.98. The van der Waals surface area contributed by atoms with Gasteiger partial charge in [-0.15, -0.1) is 0 Å². The fourth-order valence-electron chi connectivity index (χ4n) is 2.81. The van der Waals surface area contributed by atoms with E-state index in [1.807, 2.05) is 0 Å². The molecule has 162 valence electrons. The van der Waals surface area contributed by atoms with Gasteiger partial charge in [-0.3, -0.25) is 9.59 Å². The van der Waals surface area contributed by atoms with Crippen LogP contribution in [0, 0.1) is 5.92 Å². The summed E-state index contributed by atoms with van der Waals surface area (Å²) in [5.74, 6) is -2.02. The Morgan fingerprint density at radius 1 is 1.28 bits per heavy atom. The maximum absolute atomic E-state index is 12.9. The standard InChI is InChI=1S/C17H20ClF3N2O5S/c1-10(28-16(25)11-5-7-23(8-6-11)29(2,26)27)15(24)22-12-3-4-14(18)13(9-12)17(19,20)21/h3-4,9-11H,5-8H2,1-2H3,(H,22,24)/t10-/m0/s1. The van der Waals surface area contributed by atoms with Crippen LogP contribution in [0.2, 0.25) is 5.02 Å². The molecule has 1 aliphatic rings. The molecule has 12 heteroatoms. The summed E-state index contributed by atoms with van der Waals surface area (Å²) in [6, 6.07) is 2.90. The average molecular weight is 457 g/mol. The molecule has 0 spiro atoms. The van der Waals surface area contributed by atoms with Crippen molar-refractivity contribution in [1.29, 1.82) is 0 Å². The van der Waals surface area contributed by atoms with Crippen LogP contribution in [0.5, 0.6) is 0 Å². The zero-order chi connectivity index (χ0) is 22.0. The number of hydrogen-bond acceptors (Lipinski definition) is 5. The van der Waals surface area contributed by atoms with Gasteiger partial charge in [-0.2, -0.15) is 13.2 Å². The van der Waals surface area contributed by atoms with Gasteiger partial charge in [-0.1, -0.05) is 11.6 Å². The highest BCUT2D eigenvalue weighted by Gasteiger charge is 2.34. The van der Waals surface area contributed by atoms with Crippen molar-refractivity contribution in [3.8, 4) is 0 Å². The van der Waals surface area contributed by atoms with E-state index in [9.17, 15) is 31.2 Å². The van der Waals surface area contributed by atoms with Crippen molar-refractivity contribution < 1.29 is 35.9 Å². The summed E-state index contributed by atoms with van der Waals surface area (Å²) in [5, 5.41) is 1.75. The Bertz CT molecular complexity index is 884. The third-order valence-electron chi connectivity index (χ3n) is 4.46. The summed E-state index contributed by atoms with van der Waals surface area (Å²) in [6.07, 6.45) is -4.34. The predicted molar refractivity (Wildman–Crippen MR) is 99.8 cm³/mol. The maximum atomic E-state index is 12.9. The van der Waals surface area contributed by atoms with Crippen LogP contribution >= 0.6 is 11.6 Å². The lowest BCUT2D eigenvalue weighted by Crippen LogP contribution is -2.41. The molecule has 29 heavy (non-hydrogen) atoms. The number of ether oxygens (including phenoxy) is 1. The van der Waals surface area contributed by atoms with Crippen LogP contribution in [0.15, 0.2) is 18.2 Å². The van der Waals surface area contributed by atoms with Crippen molar-refractivity contribution in [2.24, 2.45) is 5.92 Å². The molecule has 0 aliphatic carbocycles. The summed E-state index contributed by atoms with van der Waals surface area (Å²) < 4.78 is 68.0. The van der Waals surface area contributed by atoms with Crippen LogP contribution < -0.4 is 5.32 Å². The molecule has 1 aliphatic heterocycles. The number of benzene rings is 1. The Hall–Kier alpha value is -1.85. The number of nitrogens with zero attached hydrogens (tertiary/aromatic N) is 1. The molecule has 0 bridgehead atoms. The van der Waals surface area contributed by atoms with Crippen LogP contribution in [0.25, 0.3) is 0 Å². The summed E-state index contributed by atoms with van der Waals surface area (Å²) >= 11 is 5.53. The van der Waals surface area contributed by atoms with E-state index in [4.69, 9.17) is 16.3 Å². The van der Waals surface area contributed by atoms with E-state index in [0.717, 1.165) is 12.3 Å². The molecule has 1 fully saturated rings. The Morgan fingerprint density at radius 2 is 1.86 bits per heavy atom. The Balaban J connectivity index is 1.94. The van der Waals surface area contributed by atoms with Crippen molar-refractivity contribution in [1.82, 2.24) is 4.31 Å². The van der Waals surface area contributed by atoms with Gasteiger partial charge in [0, 0.05) is 18.8 Å². The van der Waals surface area contributed by atoms with Crippen LogP contribution in [-0.4, -0.2) is 50.0 Å². The number of esters is 1. The van der Waals surface area contributed by atoms with E-state index in [1.165, 1.54) is 17.3 Å². The number of rotatable bonds is 5. The van der Waals surface area contributed by atoms with Crippen molar-refractivity contribution in [3.05, 3.63) is 28.8 Å². The quantitative estimate of drug-likeness (QED) is 0.688. The van der Waals surface area contributed by atoms with E-state index in [-0.39, 0.29) is 31.6 Å². The van der Waals surface area contributed by atoms with E-state index in [1.54, 1.807) is 0 Å². The highest BCUT2D eigenvalue weighted by Crippen LogP contribution is 2.36. The molecule has 0 saturated carbocycles. The van der Waals surface area contributed by atoms with Gasteiger partial charge in [0.2, 0.25) is 10.0 Å². The lowest BCUT2D eigenvalue weighted by Gasteiger charge is -2.29. The topological polar surface area (TPSA) is 92.8 Å². The number of anilines is 1. The molecule has 1 atom stereocenters. The van der Waals surface area contributed by atoms with Crippen molar-refractivity contribution in [2.75, 3.05) is 24.7 Å². The first-order valence-electron chi connectivity index (χ1n) is 8.62. The van der Waals surface area contributed by atoms with E-state index in [0.29, 0.717) is 6.07 Å². The monoisotopic (exact) mass is 456 g/mol. The number of carbonyl (C=O) groups is 2. The van der Waals surface area contributed by atoms with Gasteiger partial charge in [0.05, 0.1) is 22.8 Å². The highest BCUT2D eigenvalue weighted by molar-refractivity contribution is 7.88. The molecule has 0 radical (unpaired) electrons. The zero-order valence-corrected chi connectivity index (χ0v) is 17.2. The smallest absolute Gasteiger partial charge is 0.417 e. The number of piperidine rings is 1. The van der Waals surface area contributed by atoms with E-state index < -0.39 is 50.7 Å². The van der Waals surface area contributed by atoms with Gasteiger partial charge in [0.15, 0.2) is 6.10 Å². The molecule has 1 saturated heterocycles. The summed E-state index contributed by atoms with van der Waals surface area (Å²) in [6.45, 7) is 1.63. The first-order valence-corrected chi connectivity index (χ1v) is 10.8. The predicted octanol–water partition coefficient (Wildman–Crippen LogP) is 2.90. The second-order valence-electron chi connectivity index (χ2n) is 6.70. The van der Waals surface area contributed by atoms with Crippen LogP contribution in [0.1, 0.15) is 25.3 Å². The molecule has 0 unspecified atom stereocenters. The van der Waals surface area contributed by atoms with Crippen LogP contribution in [0.4, 0.5) is 18.9 Å². The Kier molecular flexibility index (Phi) is 7.18. The normalized spacial score (nSPS) is 17.6. The maximum Gasteiger partial charge on any atom is 0.417 e. The SMILES string of the molecule is C[C@H](OC(=O)C1CCN(S(C)(=O)=O)CC1)C(=O)Nc1ccc(Cl)c(C(F)(F)F)c1. The second-order valence-corrected chi connectivity index (χ2v) is 9.09. The summed E-state index contributed by atoms with van der Waals surface area (Å²) in [5.41, 5.74) is -1.24. The lowest BCUT2D eigenvalue weighted by molar-refractivity contribution is -0.158. The number of sulfonamides is 1. The van der Waals surface area contributed by atoms with Gasteiger partial charge in [0.25, 0.3) is 5.91 Å². The first-order chi connectivity index (χ1) is 13.3. The van der Waals surface area contributed by atoms with Crippen LogP contribution in [-0.2, 0) is 30.5 Å². The molecule has 7 nitrogen and oxygen atoms in total. The van der Waals surface area contributed by atoms with Crippen LogP contribution in [0.3, 0.4) is 0 Å².